The SMILES string of the molecule is C[C@H](Sc1nncn1C)c1cccc(CC(=O)c2cccc(N)c2)c1. The lowest BCUT2D eigenvalue weighted by molar-refractivity contribution is 0.0993. The van der Waals surface area contributed by atoms with E-state index >= 15 is 0 Å². The van der Waals surface area contributed by atoms with E-state index in [9.17, 15) is 4.79 Å². The minimum Gasteiger partial charge on any atom is -0.399 e. The molecule has 5 nitrogen and oxygen atoms in total. The summed E-state index contributed by atoms with van der Waals surface area (Å²) in [4.78, 5) is 12.5. The van der Waals surface area contributed by atoms with Crippen LogP contribution in [0.5, 0.6) is 0 Å². The molecule has 6 heteroatoms. The number of aryl methyl sites for hydroxylation is 1. The van der Waals surface area contributed by atoms with E-state index in [-0.39, 0.29) is 11.0 Å². The number of thioether (sulfide) groups is 1. The van der Waals surface area contributed by atoms with Gasteiger partial charge < -0.3 is 10.3 Å². The highest BCUT2D eigenvalue weighted by Gasteiger charge is 2.13. The Morgan fingerprint density at radius 3 is 2.76 bits per heavy atom. The van der Waals surface area contributed by atoms with Crippen molar-refractivity contribution in [2.45, 2.75) is 23.8 Å². The molecule has 0 radical (unpaired) electrons. The Balaban J connectivity index is 1.73. The highest BCUT2D eigenvalue weighted by atomic mass is 32.2. The number of Topliss-reactive ketones (excluding diaryl/α,β-unsaturated/α-hetero) is 1. The molecule has 0 fully saturated rings. The van der Waals surface area contributed by atoms with Gasteiger partial charge in [0.15, 0.2) is 10.9 Å². The molecule has 0 bridgehead atoms. The van der Waals surface area contributed by atoms with Crippen LogP contribution in [-0.2, 0) is 13.5 Å². The number of benzene rings is 2. The Kier molecular flexibility index (Phi) is 5.19. The van der Waals surface area contributed by atoms with Crippen LogP contribution in [0.4, 0.5) is 5.69 Å². The van der Waals surface area contributed by atoms with Gasteiger partial charge in [0.05, 0.1) is 0 Å². The van der Waals surface area contributed by atoms with E-state index in [2.05, 4.69) is 29.3 Å². The molecule has 128 valence electrons. The molecular formula is C19H20N4OS. The first kappa shape index (κ1) is 17.2. The van der Waals surface area contributed by atoms with E-state index in [0.717, 1.165) is 16.3 Å². The summed E-state index contributed by atoms with van der Waals surface area (Å²) in [7, 11) is 1.93. The number of ketones is 1. The van der Waals surface area contributed by atoms with Gasteiger partial charge in [-0.3, -0.25) is 4.79 Å². The smallest absolute Gasteiger partial charge is 0.191 e. The first-order chi connectivity index (χ1) is 12.0. The van der Waals surface area contributed by atoms with Crippen LogP contribution in [0.25, 0.3) is 0 Å². The van der Waals surface area contributed by atoms with Gasteiger partial charge in [0.25, 0.3) is 0 Å². The van der Waals surface area contributed by atoms with Crippen LogP contribution in [0.1, 0.15) is 33.7 Å². The molecule has 2 N–H and O–H groups in total. The van der Waals surface area contributed by atoms with E-state index in [0.29, 0.717) is 17.7 Å². The minimum absolute atomic E-state index is 0.0676. The summed E-state index contributed by atoms with van der Waals surface area (Å²) in [5.74, 6) is 0.0676. The lowest BCUT2D eigenvalue weighted by Gasteiger charge is -2.12. The van der Waals surface area contributed by atoms with Crippen molar-refractivity contribution in [2.75, 3.05) is 5.73 Å². The van der Waals surface area contributed by atoms with Gasteiger partial charge in [-0.05, 0) is 30.2 Å². The second-order valence-electron chi connectivity index (χ2n) is 5.95. The summed E-state index contributed by atoms with van der Waals surface area (Å²) < 4.78 is 1.90. The van der Waals surface area contributed by atoms with Crippen LogP contribution in [0.15, 0.2) is 60.0 Å². The van der Waals surface area contributed by atoms with E-state index in [1.165, 1.54) is 0 Å². The van der Waals surface area contributed by atoms with Crippen molar-refractivity contribution in [3.63, 3.8) is 0 Å². The average Bonchev–Trinajstić information content (AvgIpc) is 3.00. The first-order valence-corrected chi connectivity index (χ1v) is 8.89. The van der Waals surface area contributed by atoms with Crippen molar-refractivity contribution < 1.29 is 4.79 Å². The number of carbonyl (C=O) groups is 1. The Morgan fingerprint density at radius 2 is 2.04 bits per heavy atom. The number of rotatable bonds is 6. The molecule has 0 aliphatic heterocycles. The molecule has 1 heterocycles. The van der Waals surface area contributed by atoms with E-state index < -0.39 is 0 Å². The largest absolute Gasteiger partial charge is 0.399 e. The molecule has 0 saturated carbocycles. The number of aromatic nitrogens is 3. The van der Waals surface area contributed by atoms with Crippen molar-refractivity contribution in [1.29, 1.82) is 0 Å². The van der Waals surface area contributed by atoms with Gasteiger partial charge >= 0.3 is 0 Å². The van der Waals surface area contributed by atoms with Gasteiger partial charge in [0.1, 0.15) is 6.33 Å². The van der Waals surface area contributed by atoms with Crippen LogP contribution in [0, 0.1) is 0 Å². The summed E-state index contributed by atoms with van der Waals surface area (Å²) in [6.45, 7) is 2.12. The second kappa shape index (κ2) is 7.53. The molecule has 2 aromatic carbocycles. The van der Waals surface area contributed by atoms with Gasteiger partial charge in [-0.2, -0.15) is 0 Å². The molecule has 0 saturated heterocycles. The van der Waals surface area contributed by atoms with Crippen molar-refractivity contribution in [2.24, 2.45) is 7.05 Å². The maximum absolute atomic E-state index is 12.5. The van der Waals surface area contributed by atoms with Gasteiger partial charge in [0, 0.05) is 30.0 Å². The van der Waals surface area contributed by atoms with Crippen LogP contribution in [0.3, 0.4) is 0 Å². The van der Waals surface area contributed by atoms with Crippen LogP contribution >= 0.6 is 11.8 Å². The summed E-state index contributed by atoms with van der Waals surface area (Å²) in [6, 6.07) is 15.2. The number of nitrogens with two attached hydrogens (primary N) is 1. The molecule has 1 aromatic heterocycles. The molecule has 0 amide bonds. The van der Waals surface area contributed by atoms with E-state index in [1.807, 2.05) is 23.7 Å². The number of carbonyl (C=O) groups excluding carboxylic acids is 1. The number of nitrogens with zero attached hydrogens (tertiary/aromatic N) is 3. The molecule has 0 aliphatic rings. The molecule has 0 spiro atoms. The molecule has 0 aliphatic carbocycles. The lowest BCUT2D eigenvalue weighted by atomic mass is 10.0. The zero-order chi connectivity index (χ0) is 17.8. The Bertz CT molecular complexity index is 890. The fourth-order valence-electron chi connectivity index (χ4n) is 2.56. The Morgan fingerprint density at radius 1 is 1.24 bits per heavy atom. The van der Waals surface area contributed by atoms with Crippen molar-refractivity contribution in [3.8, 4) is 0 Å². The van der Waals surface area contributed by atoms with Gasteiger partial charge in [0.2, 0.25) is 0 Å². The first-order valence-electron chi connectivity index (χ1n) is 8.01. The Hall–Kier alpha value is -2.60. The van der Waals surface area contributed by atoms with Crippen LogP contribution in [0.2, 0.25) is 0 Å². The van der Waals surface area contributed by atoms with Crippen molar-refractivity contribution in [1.82, 2.24) is 14.8 Å². The van der Waals surface area contributed by atoms with Gasteiger partial charge in [-0.25, -0.2) is 0 Å². The van der Waals surface area contributed by atoms with Crippen LogP contribution < -0.4 is 5.73 Å². The molecule has 3 rings (SSSR count). The molecule has 25 heavy (non-hydrogen) atoms. The number of hydrogen-bond donors (Lipinski definition) is 1. The number of anilines is 1. The van der Waals surface area contributed by atoms with E-state index in [4.69, 9.17) is 5.73 Å². The zero-order valence-electron chi connectivity index (χ0n) is 14.2. The fourth-order valence-corrected chi connectivity index (χ4v) is 3.47. The van der Waals surface area contributed by atoms with Gasteiger partial charge in [-0.1, -0.05) is 48.2 Å². The third-order valence-corrected chi connectivity index (χ3v) is 5.15. The summed E-state index contributed by atoms with van der Waals surface area (Å²) in [5.41, 5.74) is 9.17. The summed E-state index contributed by atoms with van der Waals surface area (Å²) in [6.07, 6.45) is 2.05. The molecule has 3 aromatic rings. The van der Waals surface area contributed by atoms with Crippen molar-refractivity contribution in [3.05, 3.63) is 71.5 Å². The topological polar surface area (TPSA) is 73.8 Å². The molecular weight excluding hydrogens is 332 g/mol. The Labute approximate surface area is 151 Å². The number of hydrogen-bond acceptors (Lipinski definition) is 5. The highest BCUT2D eigenvalue weighted by molar-refractivity contribution is 7.99. The summed E-state index contributed by atoms with van der Waals surface area (Å²) in [5, 5.41) is 9.10. The maximum atomic E-state index is 12.5. The predicted octanol–water partition coefficient (Wildman–Crippen LogP) is 3.68. The monoisotopic (exact) mass is 352 g/mol. The lowest BCUT2D eigenvalue weighted by Crippen LogP contribution is -2.05. The third-order valence-electron chi connectivity index (χ3n) is 3.95. The van der Waals surface area contributed by atoms with Crippen molar-refractivity contribution >= 4 is 23.2 Å². The third kappa shape index (κ3) is 4.28. The van der Waals surface area contributed by atoms with Crippen LogP contribution in [-0.4, -0.2) is 20.5 Å². The average molecular weight is 352 g/mol. The normalized spacial score (nSPS) is 12.1. The quantitative estimate of drug-likeness (QED) is 0.416. The standard InChI is InChI=1S/C19H20N4OS/c1-13(25-19-22-21-12-23(19)2)15-6-3-5-14(9-15)10-18(24)16-7-4-8-17(20)11-16/h3-9,11-13H,10,20H2,1-2H3/t13-/m0/s1. The zero-order valence-corrected chi connectivity index (χ0v) is 15.0. The summed E-state index contributed by atoms with van der Waals surface area (Å²) >= 11 is 1.64. The number of nitrogen functional groups attached to an aromatic ring is 1. The minimum atomic E-state index is 0.0676. The predicted molar refractivity (Wildman–Crippen MR) is 101 cm³/mol. The molecule has 1 atom stereocenters. The highest BCUT2D eigenvalue weighted by Crippen LogP contribution is 2.33. The maximum Gasteiger partial charge on any atom is 0.191 e. The van der Waals surface area contributed by atoms with E-state index in [1.54, 1.807) is 42.4 Å². The second-order valence-corrected chi connectivity index (χ2v) is 7.26. The van der Waals surface area contributed by atoms with Gasteiger partial charge in [-0.15, -0.1) is 10.2 Å². The molecule has 0 unspecified atom stereocenters. The fraction of sp³-hybridized carbons (Fsp3) is 0.211.